The van der Waals surface area contributed by atoms with Crippen LogP contribution in [0.4, 0.5) is 10.2 Å². The van der Waals surface area contributed by atoms with Crippen molar-refractivity contribution in [3.8, 4) is 5.75 Å². The molecule has 1 fully saturated rings. The Morgan fingerprint density at radius 2 is 1.90 bits per heavy atom. The summed E-state index contributed by atoms with van der Waals surface area (Å²) in [6, 6.07) is 10.6. The maximum absolute atomic E-state index is 13.7. The van der Waals surface area contributed by atoms with Gasteiger partial charge in [-0.3, -0.25) is 4.99 Å². The molecule has 1 aromatic heterocycles. The minimum absolute atomic E-state index is 0. The molecular formula is C22H32FIN6O. The molecule has 0 saturated carbocycles. The first-order valence-corrected chi connectivity index (χ1v) is 10.3. The van der Waals surface area contributed by atoms with Crippen LogP contribution in [0.15, 0.2) is 47.6 Å². The van der Waals surface area contributed by atoms with Gasteiger partial charge in [-0.15, -0.1) is 24.0 Å². The largest absolute Gasteiger partial charge is 0.486 e. The van der Waals surface area contributed by atoms with Crippen molar-refractivity contribution < 1.29 is 9.13 Å². The number of aromatic nitrogens is 1. The van der Waals surface area contributed by atoms with E-state index < -0.39 is 0 Å². The standard InChI is InChI=1S/C22H31FN6O.HI/c1-17(30-20-7-5-4-6-19(20)23)14-26-22(24-2)27-16-18-8-9-21(25-15-18)29-12-10-28(3)11-13-29;/h4-9,15,17H,10-14,16H2,1-3H3,(H2,24,26,27);1H. The molecule has 1 aromatic carbocycles. The molecule has 1 atom stereocenters. The number of pyridine rings is 1. The fourth-order valence-electron chi connectivity index (χ4n) is 3.19. The summed E-state index contributed by atoms with van der Waals surface area (Å²) in [5, 5.41) is 6.47. The van der Waals surface area contributed by atoms with Gasteiger partial charge < -0.3 is 25.2 Å². The maximum Gasteiger partial charge on any atom is 0.191 e. The van der Waals surface area contributed by atoms with Crippen molar-refractivity contribution in [1.82, 2.24) is 20.5 Å². The van der Waals surface area contributed by atoms with E-state index in [0.29, 0.717) is 19.0 Å². The number of nitrogens with one attached hydrogen (secondary N) is 2. The predicted molar refractivity (Wildman–Crippen MR) is 134 cm³/mol. The van der Waals surface area contributed by atoms with E-state index in [1.165, 1.54) is 6.07 Å². The Morgan fingerprint density at radius 1 is 1.16 bits per heavy atom. The molecule has 31 heavy (non-hydrogen) atoms. The van der Waals surface area contributed by atoms with Gasteiger partial charge in [0.25, 0.3) is 0 Å². The van der Waals surface area contributed by atoms with E-state index in [0.717, 1.165) is 37.6 Å². The highest BCUT2D eigenvalue weighted by molar-refractivity contribution is 14.0. The van der Waals surface area contributed by atoms with Crippen molar-refractivity contribution in [1.29, 1.82) is 0 Å². The van der Waals surface area contributed by atoms with Gasteiger partial charge in [0.05, 0.1) is 6.54 Å². The van der Waals surface area contributed by atoms with Crippen LogP contribution in [-0.4, -0.2) is 68.8 Å². The van der Waals surface area contributed by atoms with Crippen LogP contribution in [0.1, 0.15) is 12.5 Å². The number of likely N-dealkylation sites (N-methyl/N-ethyl adjacent to an activating group) is 1. The van der Waals surface area contributed by atoms with Crippen molar-refractivity contribution in [2.45, 2.75) is 19.6 Å². The summed E-state index contributed by atoms with van der Waals surface area (Å²) in [4.78, 5) is 13.5. The fourth-order valence-corrected chi connectivity index (χ4v) is 3.19. The summed E-state index contributed by atoms with van der Waals surface area (Å²) >= 11 is 0. The number of piperazine rings is 1. The van der Waals surface area contributed by atoms with Crippen LogP contribution in [-0.2, 0) is 6.54 Å². The molecule has 9 heteroatoms. The van der Waals surface area contributed by atoms with Gasteiger partial charge in [-0.25, -0.2) is 9.37 Å². The van der Waals surface area contributed by atoms with E-state index in [4.69, 9.17) is 4.74 Å². The minimum Gasteiger partial charge on any atom is -0.486 e. The topological polar surface area (TPSA) is 65.0 Å². The summed E-state index contributed by atoms with van der Waals surface area (Å²) < 4.78 is 19.3. The number of benzene rings is 1. The number of halogens is 2. The average Bonchev–Trinajstić information content (AvgIpc) is 2.76. The van der Waals surface area contributed by atoms with Crippen LogP contribution in [0.2, 0.25) is 0 Å². The highest BCUT2D eigenvalue weighted by atomic mass is 127. The molecule has 3 rings (SSSR count). The lowest BCUT2D eigenvalue weighted by molar-refractivity contribution is 0.214. The third-order valence-corrected chi connectivity index (χ3v) is 5.04. The van der Waals surface area contributed by atoms with Crippen LogP contribution >= 0.6 is 24.0 Å². The van der Waals surface area contributed by atoms with E-state index >= 15 is 0 Å². The number of anilines is 1. The van der Waals surface area contributed by atoms with Gasteiger partial charge >= 0.3 is 0 Å². The lowest BCUT2D eigenvalue weighted by atomic mass is 10.2. The molecule has 1 unspecified atom stereocenters. The van der Waals surface area contributed by atoms with Crippen molar-refractivity contribution in [3.05, 3.63) is 54.0 Å². The zero-order valence-electron chi connectivity index (χ0n) is 18.3. The fraction of sp³-hybridized carbons (Fsp3) is 0.455. The summed E-state index contributed by atoms with van der Waals surface area (Å²) in [5.74, 6) is 1.57. The molecule has 1 aliphatic heterocycles. The third-order valence-electron chi connectivity index (χ3n) is 5.04. The van der Waals surface area contributed by atoms with Gasteiger partial charge in [-0.05, 0) is 37.7 Å². The van der Waals surface area contributed by atoms with E-state index in [2.05, 4.69) is 49.6 Å². The second kappa shape index (κ2) is 12.7. The first-order chi connectivity index (χ1) is 14.5. The SMILES string of the molecule is CN=C(NCc1ccc(N2CCN(C)CC2)nc1)NCC(C)Oc1ccccc1F.I. The summed E-state index contributed by atoms with van der Waals surface area (Å²) in [6.45, 7) is 7.12. The van der Waals surface area contributed by atoms with Gasteiger partial charge in [0.2, 0.25) is 0 Å². The molecule has 2 aromatic rings. The monoisotopic (exact) mass is 542 g/mol. The Labute approximate surface area is 201 Å². The Hall–Kier alpha value is -2.14. The first-order valence-electron chi connectivity index (χ1n) is 10.3. The smallest absolute Gasteiger partial charge is 0.191 e. The number of para-hydroxylation sites is 1. The summed E-state index contributed by atoms with van der Waals surface area (Å²) in [5.41, 5.74) is 1.08. The van der Waals surface area contributed by atoms with Gasteiger partial charge in [0.15, 0.2) is 17.5 Å². The summed E-state index contributed by atoms with van der Waals surface area (Å²) in [6.07, 6.45) is 1.68. The molecule has 1 saturated heterocycles. The van der Waals surface area contributed by atoms with Crippen LogP contribution < -0.4 is 20.3 Å². The van der Waals surface area contributed by atoms with E-state index in [9.17, 15) is 4.39 Å². The zero-order chi connectivity index (χ0) is 21.3. The number of aliphatic imine (C=N–C) groups is 1. The molecule has 0 amide bonds. The van der Waals surface area contributed by atoms with Gasteiger partial charge in [-0.1, -0.05) is 18.2 Å². The second-order valence-electron chi connectivity index (χ2n) is 7.48. The molecule has 0 bridgehead atoms. The molecule has 0 spiro atoms. The van der Waals surface area contributed by atoms with Crippen molar-refractivity contribution in [3.63, 3.8) is 0 Å². The zero-order valence-corrected chi connectivity index (χ0v) is 20.7. The number of nitrogens with zero attached hydrogens (tertiary/aromatic N) is 4. The molecule has 1 aliphatic rings. The Kier molecular flexibility index (Phi) is 10.3. The predicted octanol–water partition coefficient (Wildman–Crippen LogP) is 2.72. The number of guanidine groups is 1. The van der Waals surface area contributed by atoms with Crippen molar-refractivity contribution >= 4 is 35.8 Å². The minimum atomic E-state index is -0.362. The second-order valence-corrected chi connectivity index (χ2v) is 7.48. The van der Waals surface area contributed by atoms with Crippen LogP contribution in [0.25, 0.3) is 0 Å². The lowest BCUT2D eigenvalue weighted by Crippen LogP contribution is -2.44. The molecule has 7 nitrogen and oxygen atoms in total. The first kappa shape index (κ1) is 25.1. The summed E-state index contributed by atoms with van der Waals surface area (Å²) in [7, 11) is 3.86. The molecule has 0 radical (unpaired) electrons. The van der Waals surface area contributed by atoms with E-state index in [1.807, 2.05) is 13.1 Å². The normalized spacial score (nSPS) is 15.7. The van der Waals surface area contributed by atoms with Crippen LogP contribution in [0.5, 0.6) is 5.75 Å². The highest BCUT2D eigenvalue weighted by Gasteiger charge is 2.15. The van der Waals surface area contributed by atoms with Crippen LogP contribution in [0.3, 0.4) is 0 Å². The average molecular weight is 542 g/mol. The number of rotatable bonds is 7. The number of hydrogen-bond donors (Lipinski definition) is 2. The molecule has 2 heterocycles. The molecule has 0 aliphatic carbocycles. The number of hydrogen-bond acceptors (Lipinski definition) is 5. The van der Waals surface area contributed by atoms with Crippen molar-refractivity contribution in [2.24, 2.45) is 4.99 Å². The quantitative estimate of drug-likeness (QED) is 0.319. The maximum atomic E-state index is 13.7. The van der Waals surface area contributed by atoms with Crippen molar-refractivity contribution in [2.75, 3.05) is 51.7 Å². The molecule has 170 valence electrons. The van der Waals surface area contributed by atoms with Gasteiger partial charge in [0.1, 0.15) is 11.9 Å². The third kappa shape index (κ3) is 7.80. The van der Waals surface area contributed by atoms with Gasteiger partial charge in [-0.2, -0.15) is 0 Å². The number of ether oxygens (including phenoxy) is 1. The van der Waals surface area contributed by atoms with Crippen LogP contribution in [0, 0.1) is 5.82 Å². The van der Waals surface area contributed by atoms with E-state index in [-0.39, 0.29) is 41.6 Å². The highest BCUT2D eigenvalue weighted by Crippen LogP contribution is 2.17. The van der Waals surface area contributed by atoms with Gasteiger partial charge in [0, 0.05) is 46.0 Å². The lowest BCUT2D eigenvalue weighted by Gasteiger charge is -2.33. The Bertz CT molecular complexity index is 827. The Balaban J connectivity index is 0.00000341. The Morgan fingerprint density at radius 3 is 2.55 bits per heavy atom. The van der Waals surface area contributed by atoms with E-state index in [1.54, 1.807) is 25.2 Å². The molecular weight excluding hydrogens is 510 g/mol. The molecule has 2 N–H and O–H groups in total.